The van der Waals surface area contributed by atoms with Crippen molar-refractivity contribution >= 4 is 23.1 Å². The zero-order valence-corrected chi connectivity index (χ0v) is 21.0. The molecule has 196 valence electrons. The summed E-state index contributed by atoms with van der Waals surface area (Å²) in [6.45, 7) is 3.48. The predicted octanol–water partition coefficient (Wildman–Crippen LogP) is 5.50. The average molecular weight is 531 g/mol. The van der Waals surface area contributed by atoms with Crippen molar-refractivity contribution in [1.82, 2.24) is 9.55 Å². The van der Waals surface area contributed by atoms with Crippen molar-refractivity contribution < 1.29 is 23.5 Å². The number of nitrogens with zero attached hydrogens (tertiary/aromatic N) is 4. The van der Waals surface area contributed by atoms with Gasteiger partial charge in [-0.05, 0) is 66.5 Å². The number of benzene rings is 2. The molecule has 3 aromatic rings. The van der Waals surface area contributed by atoms with E-state index in [1.165, 1.54) is 18.3 Å². The lowest BCUT2D eigenvalue weighted by atomic mass is 9.93. The molecule has 2 aromatic carbocycles. The minimum atomic E-state index is -0.522. The number of imidazole rings is 1. The van der Waals surface area contributed by atoms with E-state index < -0.39 is 10.7 Å². The largest absolute Gasteiger partial charge is 0.494 e. The molecule has 1 saturated heterocycles. The van der Waals surface area contributed by atoms with Crippen molar-refractivity contribution in [1.29, 1.82) is 0 Å². The van der Waals surface area contributed by atoms with Crippen molar-refractivity contribution in [3.05, 3.63) is 69.6 Å². The summed E-state index contributed by atoms with van der Waals surface area (Å²) in [6, 6.07) is 12.7. The highest BCUT2D eigenvalue weighted by Gasteiger charge is 2.28. The number of halogens is 2. The SMILES string of the molecule is O=[N+]([O-])c1cn2c(n1)O[C@@H](COc1ccc(N3CCC(CCOc4ccc(F)c(Cl)c4)CC3)cc1)CC2. The molecule has 2 aliphatic heterocycles. The monoisotopic (exact) mass is 530 g/mol. The first kappa shape index (κ1) is 25.1. The molecular formula is C26H28ClFN4O5. The molecule has 1 aromatic heterocycles. The quantitative estimate of drug-likeness (QED) is 0.266. The summed E-state index contributed by atoms with van der Waals surface area (Å²) in [6.07, 6.45) is 4.99. The molecule has 0 spiro atoms. The third-order valence-electron chi connectivity index (χ3n) is 6.82. The van der Waals surface area contributed by atoms with Crippen LogP contribution < -0.4 is 19.1 Å². The van der Waals surface area contributed by atoms with Crippen LogP contribution in [0.15, 0.2) is 48.7 Å². The van der Waals surface area contributed by atoms with E-state index in [0.717, 1.165) is 43.8 Å². The standard InChI is InChI=1S/C26H28ClFN4O5/c27-23-15-21(5-6-24(23)28)35-14-10-18-7-11-30(12-8-18)19-1-3-20(4-2-19)36-17-22-9-13-31-16-25(32(33)34)29-26(31)37-22/h1-6,15-16,18,22H,7-14,17H2/t22-/m1/s1. The molecule has 1 fully saturated rings. The van der Waals surface area contributed by atoms with E-state index in [9.17, 15) is 14.5 Å². The van der Waals surface area contributed by atoms with Gasteiger partial charge in [-0.1, -0.05) is 11.6 Å². The molecule has 3 heterocycles. The highest BCUT2D eigenvalue weighted by atomic mass is 35.5. The highest BCUT2D eigenvalue weighted by Crippen LogP contribution is 2.29. The van der Waals surface area contributed by atoms with Gasteiger partial charge in [0.15, 0.2) is 0 Å². The maximum atomic E-state index is 13.3. The Morgan fingerprint density at radius 3 is 2.57 bits per heavy atom. The molecule has 0 unspecified atom stereocenters. The van der Waals surface area contributed by atoms with Crippen LogP contribution in [0.25, 0.3) is 0 Å². The van der Waals surface area contributed by atoms with Crippen molar-refractivity contribution in [3.63, 3.8) is 0 Å². The number of aromatic nitrogens is 2. The van der Waals surface area contributed by atoms with Crippen molar-refractivity contribution in [2.75, 3.05) is 31.2 Å². The van der Waals surface area contributed by atoms with Crippen molar-refractivity contribution in [2.45, 2.75) is 38.3 Å². The van der Waals surface area contributed by atoms with E-state index >= 15 is 0 Å². The summed E-state index contributed by atoms with van der Waals surface area (Å²) in [7, 11) is 0. The van der Waals surface area contributed by atoms with Gasteiger partial charge in [0.2, 0.25) is 0 Å². The number of aryl methyl sites for hydroxylation is 1. The third kappa shape index (κ3) is 6.25. The van der Waals surface area contributed by atoms with Crippen LogP contribution in [0.2, 0.25) is 5.02 Å². The Balaban J connectivity index is 1.03. The van der Waals surface area contributed by atoms with Crippen molar-refractivity contribution in [2.24, 2.45) is 5.92 Å². The zero-order valence-electron chi connectivity index (χ0n) is 20.2. The van der Waals surface area contributed by atoms with E-state index in [0.29, 0.717) is 37.8 Å². The summed E-state index contributed by atoms with van der Waals surface area (Å²) in [5.74, 6) is 1.28. The second-order valence-corrected chi connectivity index (χ2v) is 9.72. The normalized spacial score (nSPS) is 17.7. The van der Waals surface area contributed by atoms with E-state index in [1.54, 1.807) is 10.6 Å². The van der Waals surface area contributed by atoms with Crippen LogP contribution in [0, 0.1) is 21.8 Å². The fourth-order valence-corrected chi connectivity index (χ4v) is 4.84. The van der Waals surface area contributed by atoms with Gasteiger partial charge in [0.05, 0.1) is 11.6 Å². The van der Waals surface area contributed by atoms with Gasteiger partial charge in [0, 0.05) is 42.8 Å². The lowest BCUT2D eigenvalue weighted by molar-refractivity contribution is -0.389. The number of ether oxygens (including phenoxy) is 3. The topological polar surface area (TPSA) is 91.9 Å². The second kappa shape index (κ2) is 11.2. The van der Waals surface area contributed by atoms with E-state index in [4.69, 9.17) is 25.8 Å². The van der Waals surface area contributed by atoms with Crippen LogP contribution in [0.5, 0.6) is 17.5 Å². The highest BCUT2D eigenvalue weighted by molar-refractivity contribution is 6.30. The zero-order chi connectivity index (χ0) is 25.8. The molecule has 5 rings (SSSR count). The van der Waals surface area contributed by atoms with Crippen LogP contribution in [0.1, 0.15) is 25.7 Å². The molecule has 2 aliphatic rings. The van der Waals surface area contributed by atoms with Gasteiger partial charge >= 0.3 is 11.8 Å². The third-order valence-corrected chi connectivity index (χ3v) is 7.11. The lowest BCUT2D eigenvalue weighted by Gasteiger charge is -2.33. The molecule has 0 radical (unpaired) electrons. The van der Waals surface area contributed by atoms with Crippen LogP contribution >= 0.6 is 11.6 Å². The number of hydrogen-bond acceptors (Lipinski definition) is 7. The number of anilines is 1. The maximum Gasteiger partial charge on any atom is 0.414 e. The molecule has 9 nitrogen and oxygen atoms in total. The summed E-state index contributed by atoms with van der Waals surface area (Å²) in [4.78, 5) is 16.7. The van der Waals surface area contributed by atoms with Crippen LogP contribution in [-0.4, -0.2) is 46.9 Å². The van der Waals surface area contributed by atoms with Crippen LogP contribution in [0.4, 0.5) is 15.9 Å². The van der Waals surface area contributed by atoms with Gasteiger partial charge in [-0.3, -0.25) is 4.57 Å². The van der Waals surface area contributed by atoms with Gasteiger partial charge < -0.3 is 29.2 Å². The number of rotatable bonds is 9. The average Bonchev–Trinajstić information content (AvgIpc) is 3.34. The Morgan fingerprint density at radius 2 is 1.84 bits per heavy atom. The number of nitro groups is 1. The Morgan fingerprint density at radius 1 is 1.08 bits per heavy atom. The first-order valence-corrected chi connectivity index (χ1v) is 12.8. The minimum Gasteiger partial charge on any atom is -0.494 e. The van der Waals surface area contributed by atoms with Gasteiger partial charge in [-0.25, -0.2) is 4.39 Å². The van der Waals surface area contributed by atoms with Gasteiger partial charge in [0.1, 0.15) is 36.2 Å². The molecule has 0 N–H and O–H groups in total. The lowest BCUT2D eigenvalue weighted by Crippen LogP contribution is -2.34. The molecule has 0 bridgehead atoms. The van der Waals surface area contributed by atoms with E-state index in [-0.39, 0.29) is 23.0 Å². The summed E-state index contributed by atoms with van der Waals surface area (Å²) in [5.41, 5.74) is 1.16. The summed E-state index contributed by atoms with van der Waals surface area (Å²) >= 11 is 5.81. The van der Waals surface area contributed by atoms with Gasteiger partial charge in [-0.15, -0.1) is 0 Å². The first-order chi connectivity index (χ1) is 17.9. The van der Waals surface area contributed by atoms with E-state index in [2.05, 4.69) is 22.0 Å². The number of fused-ring (bicyclic) bond motifs is 1. The first-order valence-electron chi connectivity index (χ1n) is 12.4. The Labute approximate surface area is 218 Å². The fraction of sp³-hybridized carbons (Fsp3) is 0.423. The maximum absolute atomic E-state index is 13.3. The Kier molecular flexibility index (Phi) is 7.64. The molecule has 37 heavy (non-hydrogen) atoms. The Bertz CT molecular complexity index is 1230. The van der Waals surface area contributed by atoms with Gasteiger partial charge in [-0.2, -0.15) is 0 Å². The Hall–Kier alpha value is -3.53. The van der Waals surface area contributed by atoms with Crippen LogP contribution in [0.3, 0.4) is 0 Å². The van der Waals surface area contributed by atoms with E-state index in [1.807, 2.05) is 12.1 Å². The fourth-order valence-electron chi connectivity index (χ4n) is 4.67. The van der Waals surface area contributed by atoms with Crippen LogP contribution in [-0.2, 0) is 6.54 Å². The molecule has 0 saturated carbocycles. The number of piperidine rings is 1. The molecule has 0 amide bonds. The smallest absolute Gasteiger partial charge is 0.414 e. The van der Waals surface area contributed by atoms with Gasteiger partial charge in [0.25, 0.3) is 0 Å². The second-order valence-electron chi connectivity index (χ2n) is 9.31. The van der Waals surface area contributed by atoms with Crippen molar-refractivity contribution in [3.8, 4) is 17.5 Å². The summed E-state index contributed by atoms with van der Waals surface area (Å²) < 4.78 is 32.3. The minimum absolute atomic E-state index is 0.0748. The molecule has 11 heteroatoms. The summed E-state index contributed by atoms with van der Waals surface area (Å²) in [5, 5.41) is 11.0. The predicted molar refractivity (Wildman–Crippen MR) is 136 cm³/mol. The number of hydrogen-bond donors (Lipinski definition) is 0. The molecular weight excluding hydrogens is 503 g/mol. The molecule has 0 aliphatic carbocycles. The molecule has 1 atom stereocenters.